The molecule has 0 fully saturated rings. The van der Waals surface area contributed by atoms with Gasteiger partial charge in [-0.1, -0.05) is 41.9 Å². The van der Waals surface area contributed by atoms with Crippen LogP contribution < -0.4 is 5.32 Å². The van der Waals surface area contributed by atoms with Crippen LogP contribution in [0.25, 0.3) is 0 Å². The zero-order chi connectivity index (χ0) is 13.9. The fourth-order valence-electron chi connectivity index (χ4n) is 3.04. The second kappa shape index (κ2) is 5.68. The maximum Gasteiger partial charge on any atom is 0.207 e. The Balaban J connectivity index is 2.13. The number of hydrogen-bond donors (Lipinski definition) is 1. The minimum absolute atomic E-state index is 0.174. The molecule has 20 heavy (non-hydrogen) atoms. The molecule has 3 heteroatoms. The average molecular weight is 286 g/mol. The summed E-state index contributed by atoms with van der Waals surface area (Å²) in [6.07, 6.45) is 2.81. The van der Waals surface area contributed by atoms with E-state index in [2.05, 4.69) is 35.6 Å². The van der Waals surface area contributed by atoms with Crippen molar-refractivity contribution in [2.75, 3.05) is 6.54 Å². The summed E-state index contributed by atoms with van der Waals surface area (Å²) in [6, 6.07) is 14.6. The third-order valence-electron chi connectivity index (χ3n) is 3.98. The molecular weight excluding hydrogens is 270 g/mol. The van der Waals surface area contributed by atoms with Gasteiger partial charge in [-0.3, -0.25) is 4.79 Å². The Bertz CT molecular complexity index is 639. The summed E-state index contributed by atoms with van der Waals surface area (Å²) in [4.78, 5) is 10.7. The number of carbonyl (C=O) groups excluding carboxylic acids is 1. The number of rotatable bonds is 3. The fraction of sp³-hybridized carbons (Fsp3) is 0.235. The Morgan fingerprint density at radius 3 is 2.65 bits per heavy atom. The maximum absolute atomic E-state index is 10.7. The van der Waals surface area contributed by atoms with Crippen LogP contribution in [-0.4, -0.2) is 13.0 Å². The van der Waals surface area contributed by atoms with Gasteiger partial charge in [-0.25, -0.2) is 0 Å². The van der Waals surface area contributed by atoms with Crippen molar-refractivity contribution in [3.63, 3.8) is 0 Å². The molecule has 1 unspecified atom stereocenters. The number of aryl methyl sites for hydroxylation is 2. The van der Waals surface area contributed by atoms with Gasteiger partial charge in [-0.05, 0) is 47.2 Å². The molecule has 0 aliphatic heterocycles. The largest absolute Gasteiger partial charge is 0.358 e. The van der Waals surface area contributed by atoms with E-state index in [9.17, 15) is 4.79 Å². The molecule has 0 radical (unpaired) electrons. The van der Waals surface area contributed by atoms with Crippen molar-refractivity contribution in [1.29, 1.82) is 0 Å². The summed E-state index contributed by atoms with van der Waals surface area (Å²) in [7, 11) is 0. The van der Waals surface area contributed by atoms with Gasteiger partial charge in [-0.15, -0.1) is 0 Å². The zero-order valence-electron chi connectivity index (χ0n) is 11.1. The molecule has 0 bridgehead atoms. The molecule has 1 atom stereocenters. The van der Waals surface area contributed by atoms with E-state index in [1.54, 1.807) is 0 Å². The van der Waals surface area contributed by atoms with Crippen molar-refractivity contribution in [2.24, 2.45) is 0 Å². The van der Waals surface area contributed by atoms with Crippen LogP contribution in [0, 0.1) is 0 Å². The van der Waals surface area contributed by atoms with Crippen LogP contribution in [0.4, 0.5) is 0 Å². The van der Waals surface area contributed by atoms with Crippen molar-refractivity contribution >= 4 is 18.0 Å². The van der Waals surface area contributed by atoms with E-state index < -0.39 is 0 Å². The highest BCUT2D eigenvalue weighted by atomic mass is 35.5. The number of halogens is 1. The number of carbonyl (C=O) groups is 1. The fourth-order valence-corrected chi connectivity index (χ4v) is 3.22. The number of hydrogen-bond acceptors (Lipinski definition) is 1. The maximum atomic E-state index is 10.7. The van der Waals surface area contributed by atoms with E-state index in [0.717, 1.165) is 24.3 Å². The Labute approximate surface area is 123 Å². The molecule has 0 heterocycles. The molecule has 2 aromatic carbocycles. The molecule has 1 amide bonds. The Kier molecular flexibility index (Phi) is 3.75. The topological polar surface area (TPSA) is 29.1 Å². The van der Waals surface area contributed by atoms with E-state index >= 15 is 0 Å². The second-order valence-corrected chi connectivity index (χ2v) is 5.56. The molecule has 102 valence electrons. The van der Waals surface area contributed by atoms with Crippen LogP contribution in [0.1, 0.15) is 28.2 Å². The first-order valence-corrected chi connectivity index (χ1v) is 7.20. The number of fused-ring (bicyclic) bond motifs is 2. The molecule has 0 aromatic heterocycles. The lowest BCUT2D eigenvalue weighted by Crippen LogP contribution is -2.21. The number of amides is 1. The SMILES string of the molecule is O=CNCC1c2ccccc2CCc2ccc(Cl)cc21. The van der Waals surface area contributed by atoms with E-state index in [0.29, 0.717) is 6.54 Å². The van der Waals surface area contributed by atoms with Crippen LogP contribution in [0.2, 0.25) is 5.02 Å². The quantitative estimate of drug-likeness (QED) is 0.861. The lowest BCUT2D eigenvalue weighted by atomic mass is 9.88. The van der Waals surface area contributed by atoms with Gasteiger partial charge in [-0.2, -0.15) is 0 Å². The predicted octanol–water partition coefficient (Wildman–Crippen LogP) is 3.32. The molecular formula is C17H16ClNO. The number of benzene rings is 2. The highest BCUT2D eigenvalue weighted by Crippen LogP contribution is 2.35. The van der Waals surface area contributed by atoms with Crippen LogP contribution in [0.3, 0.4) is 0 Å². The van der Waals surface area contributed by atoms with E-state index in [1.165, 1.54) is 22.3 Å². The van der Waals surface area contributed by atoms with Gasteiger partial charge in [0.25, 0.3) is 0 Å². The van der Waals surface area contributed by atoms with Crippen molar-refractivity contribution in [2.45, 2.75) is 18.8 Å². The van der Waals surface area contributed by atoms with Gasteiger partial charge in [0, 0.05) is 17.5 Å². The van der Waals surface area contributed by atoms with Crippen LogP contribution >= 0.6 is 11.6 Å². The Morgan fingerprint density at radius 1 is 1.10 bits per heavy atom. The average Bonchev–Trinajstić information content (AvgIpc) is 2.62. The van der Waals surface area contributed by atoms with Crippen molar-refractivity contribution in [1.82, 2.24) is 5.32 Å². The van der Waals surface area contributed by atoms with Crippen molar-refractivity contribution in [3.8, 4) is 0 Å². The first kappa shape index (κ1) is 13.2. The summed E-state index contributed by atoms with van der Waals surface area (Å²) in [6.45, 7) is 0.605. The normalized spacial score (nSPS) is 16.8. The lowest BCUT2D eigenvalue weighted by Gasteiger charge is -2.20. The van der Waals surface area contributed by atoms with E-state index in [1.807, 2.05) is 12.1 Å². The standard InChI is InChI=1S/C17H16ClNO/c18-14-8-7-13-6-5-12-3-1-2-4-15(12)17(10-19-11-20)16(13)9-14/h1-4,7-9,11,17H,5-6,10H2,(H,19,20). The van der Waals surface area contributed by atoms with Gasteiger partial charge in [0.2, 0.25) is 6.41 Å². The summed E-state index contributed by atoms with van der Waals surface area (Å²) in [5, 5.41) is 3.57. The highest BCUT2D eigenvalue weighted by Gasteiger charge is 2.23. The first-order valence-electron chi connectivity index (χ1n) is 6.83. The van der Waals surface area contributed by atoms with E-state index in [-0.39, 0.29) is 5.92 Å². The van der Waals surface area contributed by atoms with E-state index in [4.69, 9.17) is 11.6 Å². The zero-order valence-corrected chi connectivity index (χ0v) is 11.9. The summed E-state index contributed by atoms with van der Waals surface area (Å²) in [5.41, 5.74) is 5.21. The Hall–Kier alpha value is -1.80. The van der Waals surface area contributed by atoms with Crippen molar-refractivity contribution in [3.05, 3.63) is 69.7 Å². The molecule has 0 spiro atoms. The molecule has 0 saturated carbocycles. The molecule has 1 aliphatic rings. The number of nitrogens with one attached hydrogen (secondary N) is 1. The smallest absolute Gasteiger partial charge is 0.207 e. The minimum Gasteiger partial charge on any atom is -0.358 e. The predicted molar refractivity (Wildman–Crippen MR) is 81.2 cm³/mol. The lowest BCUT2D eigenvalue weighted by molar-refractivity contribution is -0.109. The van der Waals surface area contributed by atoms with Gasteiger partial charge >= 0.3 is 0 Å². The monoisotopic (exact) mass is 285 g/mol. The van der Waals surface area contributed by atoms with Gasteiger partial charge in [0.15, 0.2) is 0 Å². The molecule has 1 aliphatic carbocycles. The molecule has 2 aromatic rings. The molecule has 0 saturated heterocycles. The Morgan fingerprint density at radius 2 is 1.85 bits per heavy atom. The molecule has 3 rings (SSSR count). The summed E-state index contributed by atoms with van der Waals surface area (Å²) in [5.74, 6) is 0.174. The highest BCUT2D eigenvalue weighted by molar-refractivity contribution is 6.30. The van der Waals surface area contributed by atoms with Gasteiger partial charge in [0.05, 0.1) is 0 Å². The summed E-state index contributed by atoms with van der Waals surface area (Å²) >= 11 is 6.17. The molecule has 1 N–H and O–H groups in total. The third-order valence-corrected chi connectivity index (χ3v) is 4.22. The third kappa shape index (κ3) is 2.44. The second-order valence-electron chi connectivity index (χ2n) is 5.12. The molecule has 2 nitrogen and oxygen atoms in total. The van der Waals surface area contributed by atoms with Gasteiger partial charge < -0.3 is 5.32 Å². The van der Waals surface area contributed by atoms with Crippen molar-refractivity contribution < 1.29 is 4.79 Å². The van der Waals surface area contributed by atoms with Gasteiger partial charge in [0.1, 0.15) is 0 Å². The first-order chi connectivity index (χ1) is 9.79. The van der Waals surface area contributed by atoms with Crippen LogP contribution in [0.15, 0.2) is 42.5 Å². The van der Waals surface area contributed by atoms with Crippen LogP contribution in [-0.2, 0) is 17.6 Å². The van der Waals surface area contributed by atoms with Crippen LogP contribution in [0.5, 0.6) is 0 Å². The summed E-state index contributed by atoms with van der Waals surface area (Å²) < 4.78 is 0. The minimum atomic E-state index is 0.174.